The van der Waals surface area contributed by atoms with Gasteiger partial charge in [-0.05, 0) is 55.4 Å². The number of carbonyl (C=O) groups excluding carboxylic acids is 1. The van der Waals surface area contributed by atoms with Crippen LogP contribution in [0.25, 0.3) is 5.65 Å². The Morgan fingerprint density at radius 3 is 2.68 bits per heavy atom. The Bertz CT molecular complexity index is 1070. The Hall–Kier alpha value is -2.57. The first-order valence-corrected chi connectivity index (χ1v) is 12.6. The van der Waals surface area contributed by atoms with Gasteiger partial charge in [0.15, 0.2) is 0 Å². The second-order valence-corrected chi connectivity index (χ2v) is 8.92. The van der Waals surface area contributed by atoms with Gasteiger partial charge in [0, 0.05) is 58.6 Å². The van der Waals surface area contributed by atoms with Crippen LogP contribution < -0.4 is 10.6 Å². The summed E-state index contributed by atoms with van der Waals surface area (Å²) in [5.41, 5.74) is 5.50. The van der Waals surface area contributed by atoms with Crippen LogP contribution in [0.15, 0.2) is 48.9 Å². The van der Waals surface area contributed by atoms with E-state index in [1.54, 1.807) is 13.1 Å². The first-order chi connectivity index (χ1) is 16.5. The van der Waals surface area contributed by atoms with Gasteiger partial charge in [0.25, 0.3) is 0 Å². The number of ketones is 1. The lowest BCUT2D eigenvalue weighted by Gasteiger charge is -2.33. The van der Waals surface area contributed by atoms with E-state index in [4.69, 9.17) is 0 Å². The zero-order chi connectivity index (χ0) is 24.5. The average molecular weight is 471 g/mol. The monoisotopic (exact) mass is 470 g/mol. The first-order valence-electron chi connectivity index (χ1n) is 12.6. The highest BCUT2D eigenvalue weighted by Gasteiger charge is 2.30. The maximum absolute atomic E-state index is 14.9. The Morgan fingerprint density at radius 1 is 1.12 bits per heavy atom. The number of benzene rings is 1. The van der Waals surface area contributed by atoms with Gasteiger partial charge in [0.1, 0.15) is 17.6 Å². The van der Waals surface area contributed by atoms with Crippen molar-refractivity contribution in [1.82, 2.24) is 20.0 Å². The summed E-state index contributed by atoms with van der Waals surface area (Å²) < 4.78 is 16.9. The summed E-state index contributed by atoms with van der Waals surface area (Å²) >= 11 is 0. The molecule has 0 bridgehead atoms. The predicted molar refractivity (Wildman–Crippen MR) is 141 cm³/mol. The molecule has 188 valence electrons. The molecule has 0 radical (unpaired) electrons. The summed E-state index contributed by atoms with van der Waals surface area (Å²) in [6.45, 7) is 9.05. The van der Waals surface area contributed by atoms with Crippen molar-refractivity contribution in [3.63, 3.8) is 0 Å². The van der Waals surface area contributed by atoms with Crippen LogP contribution in [0.3, 0.4) is 0 Å². The number of Topliss-reactive ketones (excluding diaryl/α,β-unsaturated/α-hetero) is 1. The number of halogens is 1. The molecule has 0 aliphatic heterocycles. The van der Waals surface area contributed by atoms with E-state index in [0.29, 0.717) is 25.9 Å². The predicted octanol–water partition coefficient (Wildman–Crippen LogP) is 5.69. The number of fused-ring (bicyclic) bond motifs is 1. The van der Waals surface area contributed by atoms with E-state index in [1.165, 1.54) is 5.56 Å². The SMILES string of the molecule is CC.CCc1ccc(CN[C@@H]2CC[C@@H](NCc3cccn4ccnc34)C[C@@H]2F)cc1CC(C)=O.[HH].[HH]. The summed E-state index contributed by atoms with van der Waals surface area (Å²) in [5, 5.41) is 6.95. The van der Waals surface area contributed by atoms with Crippen LogP contribution in [-0.2, 0) is 30.7 Å². The number of imidazole rings is 1. The number of aryl methyl sites for hydroxylation is 1. The molecule has 1 aliphatic carbocycles. The lowest BCUT2D eigenvalue weighted by Crippen LogP contribution is -2.46. The molecule has 1 aliphatic rings. The molecule has 1 saturated carbocycles. The van der Waals surface area contributed by atoms with E-state index < -0.39 is 6.17 Å². The van der Waals surface area contributed by atoms with Crippen molar-refractivity contribution in [2.75, 3.05) is 0 Å². The number of hydrogen-bond donors (Lipinski definition) is 2. The van der Waals surface area contributed by atoms with Gasteiger partial charge in [-0.2, -0.15) is 0 Å². The molecule has 34 heavy (non-hydrogen) atoms. The number of nitrogens with one attached hydrogen (secondary N) is 2. The van der Waals surface area contributed by atoms with Crippen LogP contribution in [-0.4, -0.2) is 33.4 Å². The minimum atomic E-state index is -0.880. The maximum Gasteiger partial charge on any atom is 0.141 e. The van der Waals surface area contributed by atoms with Crippen molar-refractivity contribution >= 4 is 11.4 Å². The van der Waals surface area contributed by atoms with Crippen molar-refractivity contribution in [2.24, 2.45) is 0 Å². The first kappa shape index (κ1) is 26.0. The van der Waals surface area contributed by atoms with E-state index in [2.05, 4.69) is 46.8 Å². The molecule has 1 fully saturated rings. The molecule has 0 saturated heterocycles. The Balaban J connectivity index is 0.00000158. The van der Waals surface area contributed by atoms with Crippen LogP contribution in [0, 0.1) is 0 Å². The molecule has 2 N–H and O–H groups in total. The fourth-order valence-corrected chi connectivity index (χ4v) is 4.75. The van der Waals surface area contributed by atoms with Crippen LogP contribution in [0.2, 0.25) is 0 Å². The second-order valence-electron chi connectivity index (χ2n) is 8.92. The van der Waals surface area contributed by atoms with Crippen molar-refractivity contribution in [3.8, 4) is 0 Å². The number of hydrogen-bond acceptors (Lipinski definition) is 4. The van der Waals surface area contributed by atoms with Gasteiger partial charge in [-0.1, -0.05) is 45.0 Å². The van der Waals surface area contributed by atoms with Crippen LogP contribution in [0.5, 0.6) is 0 Å². The average Bonchev–Trinajstić information content (AvgIpc) is 3.33. The van der Waals surface area contributed by atoms with E-state index in [1.807, 2.05) is 36.7 Å². The van der Waals surface area contributed by atoms with Crippen LogP contribution in [0.4, 0.5) is 4.39 Å². The normalized spacial score (nSPS) is 20.1. The fourth-order valence-electron chi connectivity index (χ4n) is 4.75. The molecular weight excluding hydrogens is 427 g/mol. The fraction of sp³-hybridized carbons (Fsp3) is 0.500. The highest BCUT2D eigenvalue weighted by atomic mass is 19.1. The maximum atomic E-state index is 14.9. The van der Waals surface area contributed by atoms with Gasteiger partial charge in [-0.15, -0.1) is 0 Å². The summed E-state index contributed by atoms with van der Waals surface area (Å²) in [5.74, 6) is 0.170. The highest BCUT2D eigenvalue weighted by Crippen LogP contribution is 2.23. The van der Waals surface area contributed by atoms with E-state index in [-0.39, 0.29) is 20.7 Å². The van der Waals surface area contributed by atoms with Crippen molar-refractivity contribution in [1.29, 1.82) is 0 Å². The van der Waals surface area contributed by atoms with E-state index >= 15 is 0 Å². The Labute approximate surface area is 206 Å². The smallest absolute Gasteiger partial charge is 0.141 e. The molecule has 6 heteroatoms. The Kier molecular flexibility index (Phi) is 9.78. The summed E-state index contributed by atoms with van der Waals surface area (Å²) in [7, 11) is 0. The summed E-state index contributed by atoms with van der Waals surface area (Å²) in [6.07, 6.45) is 8.48. The molecule has 1 aromatic carbocycles. The number of alkyl halides is 1. The van der Waals surface area contributed by atoms with E-state index in [0.717, 1.165) is 41.6 Å². The van der Waals surface area contributed by atoms with E-state index in [9.17, 15) is 9.18 Å². The topological polar surface area (TPSA) is 58.4 Å². The number of carbonyl (C=O) groups is 1. The molecule has 2 heterocycles. The minimum Gasteiger partial charge on any atom is -0.310 e. The molecule has 3 aromatic rings. The van der Waals surface area contributed by atoms with Crippen molar-refractivity contribution in [3.05, 3.63) is 71.2 Å². The third kappa shape index (κ3) is 6.73. The van der Waals surface area contributed by atoms with Gasteiger partial charge in [-0.25, -0.2) is 9.37 Å². The lowest BCUT2D eigenvalue weighted by molar-refractivity contribution is -0.116. The number of nitrogens with zero attached hydrogens (tertiary/aromatic N) is 2. The van der Waals surface area contributed by atoms with Gasteiger partial charge in [-0.3, -0.25) is 4.79 Å². The molecular formula is C28H43FN4O. The number of aromatic nitrogens is 2. The highest BCUT2D eigenvalue weighted by molar-refractivity contribution is 5.78. The standard InChI is InChI=1S/C26H33FN4O.C2H6.2H2/c1-3-20-7-6-19(14-22(20)13-18(2)32)16-30-25-9-8-23(15-24(25)27)29-17-21-5-4-11-31-12-10-28-26(21)31;1-2;;/h4-7,10-12,14,23-25,29-30H,3,8-9,13,15-17H2,1-2H3;1-2H3;2*1H/t23-,24+,25-;;;/m1.../s1. The lowest BCUT2D eigenvalue weighted by atomic mass is 9.89. The van der Waals surface area contributed by atoms with Gasteiger partial charge in [0.2, 0.25) is 0 Å². The molecule has 0 amide bonds. The number of rotatable bonds is 9. The summed E-state index contributed by atoms with van der Waals surface area (Å²) in [4.78, 5) is 16.0. The third-order valence-electron chi connectivity index (χ3n) is 6.51. The van der Waals surface area contributed by atoms with Gasteiger partial charge in [0.05, 0.1) is 0 Å². The summed E-state index contributed by atoms with van der Waals surface area (Å²) in [6, 6.07) is 10.4. The Morgan fingerprint density at radius 2 is 1.94 bits per heavy atom. The second kappa shape index (κ2) is 12.8. The molecule has 3 atom stereocenters. The number of pyridine rings is 1. The third-order valence-corrected chi connectivity index (χ3v) is 6.51. The van der Waals surface area contributed by atoms with Crippen molar-refractivity contribution < 1.29 is 12.0 Å². The molecule has 0 spiro atoms. The van der Waals surface area contributed by atoms with Crippen LogP contribution >= 0.6 is 0 Å². The van der Waals surface area contributed by atoms with Crippen molar-refractivity contribution in [2.45, 2.75) is 91.1 Å². The minimum absolute atomic E-state index is 0. The molecule has 4 rings (SSSR count). The van der Waals surface area contributed by atoms with Gasteiger partial charge < -0.3 is 15.0 Å². The quantitative estimate of drug-likeness (QED) is 0.422. The molecule has 5 nitrogen and oxygen atoms in total. The molecule has 2 aromatic heterocycles. The zero-order valence-corrected chi connectivity index (χ0v) is 21.0. The molecule has 0 unspecified atom stereocenters. The van der Waals surface area contributed by atoms with Gasteiger partial charge >= 0.3 is 0 Å². The van der Waals surface area contributed by atoms with Crippen LogP contribution in [0.1, 0.15) is 72.1 Å². The largest absolute Gasteiger partial charge is 0.310 e. The zero-order valence-electron chi connectivity index (χ0n) is 21.0.